The third-order valence-electron chi connectivity index (χ3n) is 2.84. The zero-order valence-electron chi connectivity index (χ0n) is 11.7. The number of ether oxygens (including phenoxy) is 1. The van der Waals surface area contributed by atoms with E-state index in [1.807, 2.05) is 25.7 Å². The minimum Gasteiger partial charge on any atom is -0.443 e. The summed E-state index contributed by atoms with van der Waals surface area (Å²) >= 11 is 1.64. The van der Waals surface area contributed by atoms with Gasteiger partial charge in [-0.25, -0.2) is 4.79 Å². The highest BCUT2D eigenvalue weighted by Gasteiger charge is 2.37. The summed E-state index contributed by atoms with van der Waals surface area (Å²) in [5, 5.41) is 3.15. The molecule has 0 aromatic carbocycles. The zero-order chi connectivity index (χ0) is 13.6. The van der Waals surface area contributed by atoms with Crippen molar-refractivity contribution in [1.82, 2.24) is 0 Å². The largest absolute Gasteiger partial charge is 0.443 e. The highest BCUT2D eigenvalue weighted by molar-refractivity contribution is 7.14. The van der Waals surface area contributed by atoms with Gasteiger partial charge in [-0.3, -0.25) is 4.90 Å². The van der Waals surface area contributed by atoms with Crippen molar-refractivity contribution < 1.29 is 9.53 Å². The van der Waals surface area contributed by atoms with Crippen molar-refractivity contribution in [3.05, 3.63) is 17.0 Å². The van der Waals surface area contributed by atoms with Crippen LogP contribution in [0.3, 0.4) is 0 Å². The standard InChI is InChI=1S/C13H21NO2SSi/c1-13(2,3)16-12(15)14-9-18(4,5)8-10-6-7-17-11(10)14/h6-7H,8-9H2,1-5H3. The predicted molar refractivity (Wildman–Crippen MR) is 79.1 cm³/mol. The average molecular weight is 283 g/mol. The lowest BCUT2D eigenvalue weighted by molar-refractivity contribution is 0.0585. The molecule has 100 valence electrons. The Labute approximate surface area is 114 Å². The number of fused-ring (bicyclic) bond motifs is 1. The normalized spacial score (nSPS) is 18.4. The second-order valence-electron chi connectivity index (χ2n) is 6.66. The van der Waals surface area contributed by atoms with E-state index in [2.05, 4.69) is 24.5 Å². The molecule has 0 atom stereocenters. The Bertz CT molecular complexity index is 462. The van der Waals surface area contributed by atoms with Gasteiger partial charge in [-0.05, 0) is 43.8 Å². The first kappa shape index (κ1) is 13.6. The Morgan fingerprint density at radius 1 is 1.44 bits per heavy atom. The van der Waals surface area contributed by atoms with E-state index >= 15 is 0 Å². The molecule has 0 N–H and O–H groups in total. The van der Waals surface area contributed by atoms with Crippen molar-refractivity contribution in [2.24, 2.45) is 0 Å². The number of hydrogen-bond acceptors (Lipinski definition) is 3. The van der Waals surface area contributed by atoms with Crippen LogP contribution in [0.25, 0.3) is 0 Å². The van der Waals surface area contributed by atoms with Crippen LogP contribution in [0.1, 0.15) is 26.3 Å². The second-order valence-corrected chi connectivity index (χ2v) is 12.6. The molecule has 2 rings (SSSR count). The molecule has 1 aliphatic heterocycles. The molecule has 0 saturated carbocycles. The van der Waals surface area contributed by atoms with Crippen molar-refractivity contribution in [2.75, 3.05) is 11.1 Å². The number of amides is 1. The van der Waals surface area contributed by atoms with Crippen LogP contribution in [0.2, 0.25) is 13.1 Å². The number of thiophene rings is 1. The van der Waals surface area contributed by atoms with E-state index in [9.17, 15) is 4.79 Å². The summed E-state index contributed by atoms with van der Waals surface area (Å²) in [5.74, 6) is 0. The topological polar surface area (TPSA) is 29.5 Å². The average Bonchev–Trinajstić information content (AvgIpc) is 2.59. The molecule has 0 fully saturated rings. The summed E-state index contributed by atoms with van der Waals surface area (Å²) in [6.45, 7) is 10.4. The molecule has 18 heavy (non-hydrogen) atoms. The van der Waals surface area contributed by atoms with Gasteiger partial charge in [0.2, 0.25) is 0 Å². The SMILES string of the molecule is CC(C)(C)OC(=O)N1C[Si](C)(C)Cc2ccsc21. The van der Waals surface area contributed by atoms with E-state index in [0.717, 1.165) is 17.2 Å². The molecule has 0 spiro atoms. The fourth-order valence-electron chi connectivity index (χ4n) is 2.23. The third-order valence-corrected chi connectivity index (χ3v) is 6.33. The summed E-state index contributed by atoms with van der Waals surface area (Å²) in [4.78, 5) is 14.1. The monoisotopic (exact) mass is 283 g/mol. The molecule has 0 aliphatic carbocycles. The maximum atomic E-state index is 12.3. The van der Waals surface area contributed by atoms with Gasteiger partial charge in [0.15, 0.2) is 0 Å². The molecule has 0 radical (unpaired) electrons. The van der Waals surface area contributed by atoms with E-state index in [4.69, 9.17) is 4.74 Å². The van der Waals surface area contributed by atoms with Crippen LogP contribution in [0.5, 0.6) is 0 Å². The van der Waals surface area contributed by atoms with Gasteiger partial charge >= 0.3 is 6.09 Å². The Kier molecular flexibility index (Phi) is 3.31. The molecule has 1 aromatic heterocycles. The van der Waals surface area contributed by atoms with Gasteiger partial charge in [-0.1, -0.05) is 13.1 Å². The first-order chi connectivity index (χ1) is 8.18. The Morgan fingerprint density at radius 2 is 2.11 bits per heavy atom. The second kappa shape index (κ2) is 4.38. The molecule has 5 heteroatoms. The molecule has 0 unspecified atom stereocenters. The van der Waals surface area contributed by atoms with E-state index in [0.29, 0.717) is 0 Å². The smallest absolute Gasteiger partial charge is 0.415 e. The van der Waals surface area contributed by atoms with Crippen LogP contribution in [0, 0.1) is 0 Å². The first-order valence-electron chi connectivity index (χ1n) is 6.25. The fraction of sp³-hybridized carbons (Fsp3) is 0.615. The van der Waals surface area contributed by atoms with Gasteiger partial charge < -0.3 is 4.74 Å². The maximum absolute atomic E-state index is 12.3. The van der Waals surface area contributed by atoms with Gasteiger partial charge in [0.25, 0.3) is 0 Å². The number of hydrogen-bond donors (Lipinski definition) is 0. The molecule has 1 amide bonds. The zero-order valence-corrected chi connectivity index (χ0v) is 13.6. The van der Waals surface area contributed by atoms with Gasteiger partial charge in [-0.15, -0.1) is 11.3 Å². The Balaban J connectivity index is 2.26. The van der Waals surface area contributed by atoms with Gasteiger partial charge in [0.05, 0.1) is 8.07 Å². The molecule has 1 aliphatic rings. The van der Waals surface area contributed by atoms with Crippen LogP contribution in [-0.4, -0.2) is 25.9 Å². The lowest BCUT2D eigenvalue weighted by atomic mass is 10.2. The summed E-state index contributed by atoms with van der Waals surface area (Å²) in [6.07, 6.45) is 0.654. The summed E-state index contributed by atoms with van der Waals surface area (Å²) in [7, 11) is -1.37. The Morgan fingerprint density at radius 3 is 2.72 bits per heavy atom. The number of carbonyl (C=O) groups excluding carboxylic acids is 1. The fourth-order valence-corrected chi connectivity index (χ4v) is 5.97. The number of carbonyl (C=O) groups is 1. The highest BCUT2D eigenvalue weighted by Crippen LogP contribution is 2.36. The molecule has 3 nitrogen and oxygen atoms in total. The van der Waals surface area contributed by atoms with Crippen LogP contribution >= 0.6 is 11.3 Å². The quantitative estimate of drug-likeness (QED) is 0.677. The lowest BCUT2D eigenvalue weighted by Crippen LogP contribution is -2.51. The van der Waals surface area contributed by atoms with E-state index in [1.54, 1.807) is 11.3 Å². The molecule has 2 heterocycles. The van der Waals surface area contributed by atoms with Crippen molar-refractivity contribution >= 4 is 30.5 Å². The molecule has 0 saturated heterocycles. The van der Waals surface area contributed by atoms with Gasteiger partial charge in [0.1, 0.15) is 10.6 Å². The van der Waals surface area contributed by atoms with E-state index in [1.165, 1.54) is 5.56 Å². The number of anilines is 1. The minimum atomic E-state index is -1.37. The van der Waals surface area contributed by atoms with Crippen molar-refractivity contribution in [1.29, 1.82) is 0 Å². The summed E-state index contributed by atoms with van der Waals surface area (Å²) < 4.78 is 5.51. The molecule has 1 aromatic rings. The van der Waals surface area contributed by atoms with Crippen molar-refractivity contribution in [3.8, 4) is 0 Å². The van der Waals surface area contributed by atoms with Gasteiger partial charge in [-0.2, -0.15) is 0 Å². The third kappa shape index (κ3) is 2.95. The minimum absolute atomic E-state index is 0.202. The van der Waals surface area contributed by atoms with Crippen LogP contribution in [0.4, 0.5) is 9.80 Å². The van der Waals surface area contributed by atoms with Crippen molar-refractivity contribution in [3.63, 3.8) is 0 Å². The summed E-state index contributed by atoms with van der Waals surface area (Å²) in [6, 6.07) is 3.30. The van der Waals surface area contributed by atoms with E-state index < -0.39 is 13.7 Å². The van der Waals surface area contributed by atoms with Crippen LogP contribution in [-0.2, 0) is 10.8 Å². The highest BCUT2D eigenvalue weighted by atomic mass is 32.1. The molecular weight excluding hydrogens is 262 g/mol. The van der Waals surface area contributed by atoms with Crippen LogP contribution in [0.15, 0.2) is 11.4 Å². The molecule has 0 bridgehead atoms. The van der Waals surface area contributed by atoms with E-state index in [-0.39, 0.29) is 6.09 Å². The van der Waals surface area contributed by atoms with Gasteiger partial charge in [0, 0.05) is 6.17 Å². The number of nitrogens with zero attached hydrogens (tertiary/aromatic N) is 1. The predicted octanol–water partition coefficient (Wildman–Crippen LogP) is 3.83. The number of rotatable bonds is 0. The van der Waals surface area contributed by atoms with Crippen molar-refractivity contribution in [2.45, 2.75) is 45.5 Å². The summed E-state index contributed by atoms with van der Waals surface area (Å²) in [5.41, 5.74) is 0.881. The maximum Gasteiger partial charge on any atom is 0.415 e. The van der Waals surface area contributed by atoms with Crippen LogP contribution < -0.4 is 4.90 Å². The molecular formula is C13H21NO2SSi. The lowest BCUT2D eigenvalue weighted by Gasteiger charge is -2.37. The Hall–Kier alpha value is -0.813. The first-order valence-corrected chi connectivity index (χ1v) is 10.5.